The Morgan fingerprint density at radius 1 is 1.11 bits per heavy atom. The normalized spacial score (nSPS) is 10.4. The van der Waals surface area contributed by atoms with Gasteiger partial charge in [-0.3, -0.25) is 14.7 Å². The summed E-state index contributed by atoms with van der Waals surface area (Å²) in [5.41, 5.74) is 2.17. The summed E-state index contributed by atoms with van der Waals surface area (Å²) < 4.78 is 0. The lowest BCUT2D eigenvalue weighted by Gasteiger charge is -2.04. The maximum absolute atomic E-state index is 12.0. The Kier molecular flexibility index (Phi) is 6.10. The van der Waals surface area contributed by atoms with Crippen molar-refractivity contribution in [3.05, 3.63) is 53.6 Å². The zero-order valence-electron chi connectivity index (χ0n) is 14.3. The number of H-pyrrole nitrogens is 1. The zero-order chi connectivity index (χ0) is 19.2. The van der Waals surface area contributed by atoms with Crippen LogP contribution in [0.5, 0.6) is 0 Å². The molecular formula is C18H16ClN5O2S. The lowest BCUT2D eigenvalue weighted by molar-refractivity contribution is -0.114. The molecule has 0 fully saturated rings. The Hall–Kier alpha value is -2.84. The maximum atomic E-state index is 12.0. The second-order valence-corrected chi connectivity index (χ2v) is 6.95. The van der Waals surface area contributed by atoms with Crippen LogP contribution in [0.2, 0.25) is 5.02 Å². The first kappa shape index (κ1) is 18.9. The second-order valence-electron chi connectivity index (χ2n) is 5.57. The van der Waals surface area contributed by atoms with E-state index in [1.54, 1.807) is 36.4 Å². The standard InChI is InChI=1S/C18H16ClN5O2S/c1-11(25)20-14-7-5-12(6-8-14)17-22-18(24-23-17)27-10-16(26)21-15-4-2-3-13(19)9-15/h2-9H,10H2,1H3,(H,20,25)(H,21,26)(H,22,23,24). The van der Waals surface area contributed by atoms with E-state index in [1.165, 1.54) is 18.7 Å². The predicted molar refractivity (Wildman–Crippen MR) is 107 cm³/mol. The predicted octanol–water partition coefficient (Wildman–Crippen LogP) is 3.81. The molecule has 0 unspecified atom stereocenters. The first-order valence-electron chi connectivity index (χ1n) is 7.98. The summed E-state index contributed by atoms with van der Waals surface area (Å²) in [4.78, 5) is 27.4. The van der Waals surface area contributed by atoms with Gasteiger partial charge in [-0.25, -0.2) is 4.98 Å². The van der Waals surface area contributed by atoms with E-state index < -0.39 is 0 Å². The number of amides is 2. The summed E-state index contributed by atoms with van der Waals surface area (Å²) in [7, 11) is 0. The minimum absolute atomic E-state index is 0.128. The molecule has 1 heterocycles. The molecule has 27 heavy (non-hydrogen) atoms. The zero-order valence-corrected chi connectivity index (χ0v) is 15.9. The van der Waals surface area contributed by atoms with Crippen LogP contribution in [0.3, 0.4) is 0 Å². The molecule has 138 valence electrons. The van der Waals surface area contributed by atoms with Crippen molar-refractivity contribution >= 4 is 46.6 Å². The molecule has 0 aliphatic rings. The van der Waals surface area contributed by atoms with Crippen LogP contribution < -0.4 is 10.6 Å². The number of nitrogens with one attached hydrogen (secondary N) is 3. The number of aromatic nitrogens is 3. The molecule has 0 spiro atoms. The van der Waals surface area contributed by atoms with E-state index in [2.05, 4.69) is 25.8 Å². The third-order valence-corrected chi connectivity index (χ3v) is 4.47. The van der Waals surface area contributed by atoms with E-state index in [4.69, 9.17) is 11.6 Å². The smallest absolute Gasteiger partial charge is 0.234 e. The molecule has 7 nitrogen and oxygen atoms in total. The van der Waals surface area contributed by atoms with E-state index in [0.717, 1.165) is 5.56 Å². The average molecular weight is 402 g/mol. The molecule has 0 aliphatic heterocycles. The molecule has 0 saturated heterocycles. The number of thioether (sulfide) groups is 1. The van der Waals surface area contributed by atoms with Crippen molar-refractivity contribution in [2.75, 3.05) is 16.4 Å². The van der Waals surface area contributed by atoms with Gasteiger partial charge in [-0.15, -0.1) is 5.10 Å². The van der Waals surface area contributed by atoms with Crippen LogP contribution in [0.25, 0.3) is 11.4 Å². The van der Waals surface area contributed by atoms with Crippen LogP contribution in [-0.2, 0) is 9.59 Å². The SMILES string of the molecule is CC(=O)Nc1ccc(-c2nc(SCC(=O)Nc3cccc(Cl)c3)n[nH]2)cc1. The number of carbonyl (C=O) groups excluding carboxylic acids is 2. The molecule has 0 radical (unpaired) electrons. The quantitative estimate of drug-likeness (QED) is 0.545. The van der Waals surface area contributed by atoms with Gasteiger partial charge in [0.15, 0.2) is 5.82 Å². The van der Waals surface area contributed by atoms with Crippen molar-refractivity contribution in [2.45, 2.75) is 12.1 Å². The molecule has 0 aliphatic carbocycles. The molecule has 9 heteroatoms. The van der Waals surface area contributed by atoms with E-state index >= 15 is 0 Å². The Balaban J connectivity index is 1.56. The van der Waals surface area contributed by atoms with Crippen molar-refractivity contribution in [1.82, 2.24) is 15.2 Å². The third kappa shape index (κ3) is 5.57. The van der Waals surface area contributed by atoms with Gasteiger partial charge in [0.05, 0.1) is 5.75 Å². The highest BCUT2D eigenvalue weighted by atomic mass is 35.5. The molecule has 3 N–H and O–H groups in total. The molecule has 2 aromatic carbocycles. The number of anilines is 2. The van der Waals surface area contributed by atoms with Gasteiger partial charge in [-0.1, -0.05) is 29.4 Å². The lowest BCUT2D eigenvalue weighted by atomic mass is 10.2. The van der Waals surface area contributed by atoms with Gasteiger partial charge in [-0.2, -0.15) is 0 Å². The van der Waals surface area contributed by atoms with Crippen LogP contribution in [0.1, 0.15) is 6.92 Å². The van der Waals surface area contributed by atoms with Crippen molar-refractivity contribution in [3.63, 3.8) is 0 Å². The van der Waals surface area contributed by atoms with Gasteiger partial charge in [0.25, 0.3) is 0 Å². The number of hydrogen-bond donors (Lipinski definition) is 3. The van der Waals surface area contributed by atoms with Crippen LogP contribution in [-0.4, -0.2) is 32.7 Å². The minimum atomic E-state index is -0.173. The molecular weight excluding hydrogens is 386 g/mol. The van der Waals surface area contributed by atoms with Crippen molar-refractivity contribution in [2.24, 2.45) is 0 Å². The highest BCUT2D eigenvalue weighted by Crippen LogP contribution is 2.21. The first-order valence-corrected chi connectivity index (χ1v) is 9.34. The first-order chi connectivity index (χ1) is 13.0. The monoisotopic (exact) mass is 401 g/mol. The van der Waals surface area contributed by atoms with Gasteiger partial charge in [0, 0.05) is 28.9 Å². The number of benzene rings is 2. The van der Waals surface area contributed by atoms with Gasteiger partial charge in [0.1, 0.15) is 0 Å². The highest BCUT2D eigenvalue weighted by molar-refractivity contribution is 7.99. The molecule has 3 aromatic rings. The summed E-state index contributed by atoms with van der Waals surface area (Å²) >= 11 is 7.12. The Morgan fingerprint density at radius 3 is 2.59 bits per heavy atom. The number of nitrogens with zero attached hydrogens (tertiary/aromatic N) is 2. The van der Waals surface area contributed by atoms with Crippen LogP contribution in [0.4, 0.5) is 11.4 Å². The fourth-order valence-electron chi connectivity index (χ4n) is 2.25. The molecule has 0 bridgehead atoms. The van der Waals surface area contributed by atoms with Gasteiger partial charge in [-0.05, 0) is 42.5 Å². The number of carbonyl (C=O) groups is 2. The third-order valence-electron chi connectivity index (χ3n) is 3.38. The lowest BCUT2D eigenvalue weighted by Crippen LogP contribution is -2.14. The largest absolute Gasteiger partial charge is 0.326 e. The van der Waals surface area contributed by atoms with Crippen molar-refractivity contribution < 1.29 is 9.59 Å². The Labute approximate surface area is 164 Å². The van der Waals surface area contributed by atoms with Crippen LogP contribution >= 0.6 is 23.4 Å². The van der Waals surface area contributed by atoms with E-state index in [-0.39, 0.29) is 17.6 Å². The van der Waals surface area contributed by atoms with E-state index in [1.807, 2.05) is 12.1 Å². The average Bonchev–Trinajstić information content (AvgIpc) is 3.09. The summed E-state index contributed by atoms with van der Waals surface area (Å²) in [6, 6.07) is 14.2. The summed E-state index contributed by atoms with van der Waals surface area (Å²) in [5.74, 6) is 0.457. The topological polar surface area (TPSA) is 99.8 Å². The van der Waals surface area contributed by atoms with E-state index in [9.17, 15) is 9.59 Å². The summed E-state index contributed by atoms with van der Waals surface area (Å²) in [6.07, 6.45) is 0. The fourth-order valence-corrected chi connectivity index (χ4v) is 3.04. The number of rotatable bonds is 6. The van der Waals surface area contributed by atoms with Crippen molar-refractivity contribution in [3.8, 4) is 11.4 Å². The fraction of sp³-hybridized carbons (Fsp3) is 0.111. The number of halogens is 1. The highest BCUT2D eigenvalue weighted by Gasteiger charge is 2.10. The molecule has 0 atom stereocenters. The second kappa shape index (κ2) is 8.70. The number of aromatic amines is 1. The maximum Gasteiger partial charge on any atom is 0.234 e. The molecule has 1 aromatic heterocycles. The molecule has 0 saturated carbocycles. The van der Waals surface area contributed by atoms with Crippen LogP contribution in [0.15, 0.2) is 53.7 Å². The summed E-state index contributed by atoms with van der Waals surface area (Å²) in [6.45, 7) is 1.45. The minimum Gasteiger partial charge on any atom is -0.326 e. The molecule has 2 amide bonds. The number of hydrogen-bond acceptors (Lipinski definition) is 5. The van der Waals surface area contributed by atoms with Crippen LogP contribution in [0, 0.1) is 0 Å². The van der Waals surface area contributed by atoms with Gasteiger partial charge in [0.2, 0.25) is 17.0 Å². The molecule has 3 rings (SSSR count). The Bertz CT molecular complexity index is 958. The van der Waals surface area contributed by atoms with Crippen molar-refractivity contribution in [1.29, 1.82) is 0 Å². The van der Waals surface area contributed by atoms with Gasteiger partial charge < -0.3 is 10.6 Å². The summed E-state index contributed by atoms with van der Waals surface area (Å²) in [5, 5.41) is 13.5. The van der Waals surface area contributed by atoms with Gasteiger partial charge >= 0.3 is 0 Å². The van der Waals surface area contributed by atoms with E-state index in [0.29, 0.717) is 27.4 Å². The Morgan fingerprint density at radius 2 is 1.89 bits per heavy atom.